The number of ketones is 1. The highest BCUT2D eigenvalue weighted by Gasteiger charge is 2.52. The first-order valence-electron chi connectivity index (χ1n) is 21.1. The Morgan fingerprint density at radius 1 is 0.915 bits per heavy atom. The van der Waals surface area contributed by atoms with Crippen molar-refractivity contribution < 1.29 is 62.4 Å². The second kappa shape index (κ2) is 24.9. The van der Waals surface area contributed by atoms with Crippen molar-refractivity contribution in [3.8, 4) is 0 Å². The standard InChI is InChI=1S/C45H80O13Si/c1-15-32(27-53-28-33-19-17-16-18-20-33)21-31(2)36(47)22-34(52-12)25-40(48)44(6,7)42(49)41-38(56-45(8,9)57-41)24-35(58-59(13,14)43(3,4)5)23-37(54-29-50-10)39(26-46)55-30-51-11/h16-21,32,34-41,46-48H,15,22-30H2,1-14H3/b31-21-/t32-,34-,35+,36+,37-,38-,39-,40+,41-/m1/s1. The van der Waals surface area contributed by atoms with Gasteiger partial charge < -0.3 is 57.6 Å². The molecule has 3 N–H and O–H groups in total. The van der Waals surface area contributed by atoms with Gasteiger partial charge in [-0.1, -0.05) is 78.0 Å². The summed E-state index contributed by atoms with van der Waals surface area (Å²) >= 11 is 0. The summed E-state index contributed by atoms with van der Waals surface area (Å²) in [6, 6.07) is 10.0. The number of hydrogen-bond acceptors (Lipinski definition) is 13. The van der Waals surface area contributed by atoms with Crippen LogP contribution < -0.4 is 0 Å². The second-order valence-electron chi connectivity index (χ2n) is 18.5. The molecule has 1 saturated heterocycles. The average molecular weight is 857 g/mol. The topological polar surface area (TPSA) is 161 Å². The first kappa shape index (κ1) is 53.5. The number of hydrogen-bond donors (Lipinski definition) is 3. The number of methoxy groups -OCH3 is 3. The third-order valence-corrected chi connectivity index (χ3v) is 16.4. The Morgan fingerprint density at radius 2 is 1.53 bits per heavy atom. The summed E-state index contributed by atoms with van der Waals surface area (Å²) in [5, 5.41) is 33.1. The van der Waals surface area contributed by atoms with E-state index >= 15 is 0 Å². The maximum absolute atomic E-state index is 14.6. The molecule has 0 amide bonds. The lowest BCUT2D eigenvalue weighted by Crippen LogP contribution is -2.50. The van der Waals surface area contributed by atoms with Crippen molar-refractivity contribution in [2.45, 2.75) is 174 Å². The Balaban J connectivity index is 2.26. The molecule has 1 aliphatic rings. The van der Waals surface area contributed by atoms with Crippen LogP contribution >= 0.6 is 0 Å². The Bertz CT molecular complexity index is 1370. The van der Waals surface area contributed by atoms with Crippen LogP contribution in [0.4, 0.5) is 0 Å². The molecule has 59 heavy (non-hydrogen) atoms. The molecule has 0 aliphatic carbocycles. The number of benzene rings is 1. The maximum Gasteiger partial charge on any atom is 0.192 e. The molecule has 0 spiro atoms. The predicted molar refractivity (Wildman–Crippen MR) is 230 cm³/mol. The van der Waals surface area contributed by atoms with E-state index in [1.807, 2.05) is 37.3 Å². The molecule has 0 aromatic heterocycles. The van der Waals surface area contributed by atoms with E-state index in [-0.39, 0.29) is 56.2 Å². The van der Waals surface area contributed by atoms with Gasteiger partial charge in [0, 0.05) is 52.9 Å². The number of aliphatic hydroxyl groups is 3. The highest BCUT2D eigenvalue weighted by atomic mass is 28.4. The van der Waals surface area contributed by atoms with E-state index in [1.165, 1.54) is 14.2 Å². The normalized spacial score (nSPS) is 21.5. The summed E-state index contributed by atoms with van der Waals surface area (Å²) < 4.78 is 53.7. The molecule has 1 aromatic carbocycles. The van der Waals surface area contributed by atoms with Crippen LogP contribution in [0.5, 0.6) is 0 Å². The van der Waals surface area contributed by atoms with Crippen LogP contribution in [-0.2, 0) is 53.7 Å². The van der Waals surface area contributed by atoms with Crippen LogP contribution in [0.25, 0.3) is 0 Å². The van der Waals surface area contributed by atoms with Crippen LogP contribution in [0.15, 0.2) is 42.0 Å². The van der Waals surface area contributed by atoms with Crippen molar-refractivity contribution in [1.82, 2.24) is 0 Å². The fraction of sp³-hybridized carbons (Fsp3) is 0.800. The smallest absolute Gasteiger partial charge is 0.192 e. The van der Waals surface area contributed by atoms with E-state index in [0.29, 0.717) is 19.6 Å². The quantitative estimate of drug-likeness (QED) is 0.0432. The number of ether oxygens (including phenoxy) is 8. The highest BCUT2D eigenvalue weighted by Crippen LogP contribution is 2.42. The summed E-state index contributed by atoms with van der Waals surface area (Å²) in [7, 11) is 2.17. The average Bonchev–Trinajstić information content (AvgIpc) is 3.48. The zero-order valence-electron chi connectivity index (χ0n) is 38.7. The predicted octanol–water partition coefficient (Wildman–Crippen LogP) is 6.95. The maximum atomic E-state index is 14.6. The zero-order chi connectivity index (χ0) is 44.6. The lowest BCUT2D eigenvalue weighted by atomic mass is 9.76. The van der Waals surface area contributed by atoms with E-state index < -0.39 is 68.4 Å². The summed E-state index contributed by atoms with van der Waals surface area (Å²) in [4.78, 5) is 14.6. The molecule has 9 atom stereocenters. The zero-order valence-corrected chi connectivity index (χ0v) is 39.7. The van der Waals surface area contributed by atoms with Crippen LogP contribution in [-0.4, -0.2) is 132 Å². The molecular formula is C45H80O13Si. The summed E-state index contributed by atoms with van der Waals surface area (Å²) in [5.74, 6) is -1.29. The molecule has 1 aliphatic heterocycles. The largest absolute Gasteiger partial charge is 0.414 e. The number of carbonyl (C=O) groups is 1. The van der Waals surface area contributed by atoms with Crippen molar-refractivity contribution in [2.75, 3.05) is 48.1 Å². The molecule has 0 radical (unpaired) electrons. The minimum Gasteiger partial charge on any atom is -0.414 e. The van der Waals surface area contributed by atoms with Gasteiger partial charge in [0.15, 0.2) is 19.9 Å². The lowest BCUT2D eigenvalue weighted by molar-refractivity contribution is -0.176. The van der Waals surface area contributed by atoms with Gasteiger partial charge in [-0.05, 0) is 56.5 Å². The van der Waals surface area contributed by atoms with Gasteiger partial charge in [0.05, 0.1) is 61.9 Å². The van der Waals surface area contributed by atoms with Crippen molar-refractivity contribution in [3.05, 3.63) is 47.5 Å². The third-order valence-electron chi connectivity index (χ3n) is 11.9. The first-order valence-corrected chi connectivity index (χ1v) is 24.0. The molecular weight excluding hydrogens is 777 g/mol. The molecule has 0 unspecified atom stereocenters. The Labute approximate surface area is 356 Å². The number of carbonyl (C=O) groups excluding carboxylic acids is 1. The minimum atomic E-state index is -2.40. The van der Waals surface area contributed by atoms with Gasteiger partial charge in [-0.2, -0.15) is 0 Å². The van der Waals surface area contributed by atoms with Crippen LogP contribution in [0.2, 0.25) is 18.1 Å². The van der Waals surface area contributed by atoms with Gasteiger partial charge in [0.2, 0.25) is 0 Å². The highest BCUT2D eigenvalue weighted by molar-refractivity contribution is 6.74. The van der Waals surface area contributed by atoms with Crippen molar-refractivity contribution >= 4 is 14.1 Å². The molecule has 1 heterocycles. The molecule has 14 heteroatoms. The fourth-order valence-corrected chi connectivity index (χ4v) is 8.30. The molecule has 2 rings (SSSR count). The molecule has 13 nitrogen and oxygen atoms in total. The van der Waals surface area contributed by atoms with Gasteiger partial charge in [-0.15, -0.1) is 0 Å². The van der Waals surface area contributed by atoms with Crippen LogP contribution in [0.3, 0.4) is 0 Å². The van der Waals surface area contributed by atoms with E-state index in [1.54, 1.807) is 34.8 Å². The Kier molecular flexibility index (Phi) is 22.5. The molecule has 0 saturated carbocycles. The van der Waals surface area contributed by atoms with E-state index in [2.05, 4.69) is 46.9 Å². The monoisotopic (exact) mass is 857 g/mol. The lowest BCUT2D eigenvalue weighted by Gasteiger charge is -2.41. The van der Waals surface area contributed by atoms with Gasteiger partial charge >= 0.3 is 0 Å². The number of rotatable bonds is 29. The van der Waals surface area contributed by atoms with Gasteiger partial charge in [-0.3, -0.25) is 4.79 Å². The van der Waals surface area contributed by atoms with Crippen LogP contribution in [0, 0.1) is 11.3 Å². The summed E-state index contributed by atoms with van der Waals surface area (Å²) in [5.41, 5.74) is 0.628. The molecule has 1 aromatic rings. The minimum absolute atomic E-state index is 0.0354. The fourth-order valence-electron chi connectivity index (χ4n) is 6.92. The Hall–Kier alpha value is -1.63. The van der Waals surface area contributed by atoms with E-state index in [4.69, 9.17) is 42.3 Å². The van der Waals surface area contributed by atoms with Gasteiger partial charge in [0.25, 0.3) is 0 Å². The third kappa shape index (κ3) is 17.2. The molecule has 1 fully saturated rings. The Morgan fingerprint density at radius 3 is 2.07 bits per heavy atom. The molecule has 0 bridgehead atoms. The summed E-state index contributed by atoms with van der Waals surface area (Å²) in [6.07, 6.45) is -2.31. The molecule has 342 valence electrons. The number of Topliss-reactive ketones (excluding diaryl/α,β-unsaturated/α-hetero) is 1. The van der Waals surface area contributed by atoms with Gasteiger partial charge in [-0.25, -0.2) is 0 Å². The van der Waals surface area contributed by atoms with E-state index in [9.17, 15) is 20.1 Å². The van der Waals surface area contributed by atoms with Gasteiger partial charge in [0.1, 0.15) is 25.8 Å². The first-order chi connectivity index (χ1) is 27.5. The van der Waals surface area contributed by atoms with Crippen molar-refractivity contribution in [1.29, 1.82) is 0 Å². The van der Waals surface area contributed by atoms with E-state index in [0.717, 1.165) is 17.6 Å². The van der Waals surface area contributed by atoms with Crippen LogP contribution in [0.1, 0.15) is 100.0 Å². The summed E-state index contributed by atoms with van der Waals surface area (Å²) in [6.45, 7) is 22.3. The number of aliphatic hydroxyl groups excluding tert-OH is 3. The second-order valence-corrected chi connectivity index (χ2v) is 23.3. The van der Waals surface area contributed by atoms with Crippen molar-refractivity contribution in [3.63, 3.8) is 0 Å². The SMILES string of the molecule is CC[C@H](/C=C(/C)[C@@H](O)C[C@H](C[C@H](O)C(C)(C)C(=O)[C@@H]1OC(C)(C)O[C@@H]1C[C@H](C[C@@H](OCOC)[C@@H](CO)OCOC)O[Si](C)(C)C(C)(C)C)OC)COCc1ccccc1. The van der Waals surface area contributed by atoms with Crippen molar-refractivity contribution in [2.24, 2.45) is 11.3 Å².